The number of amides is 1. The number of nitrogens with one attached hydrogen (secondary N) is 2. The Hall–Kier alpha value is -2.60. The van der Waals surface area contributed by atoms with Crippen molar-refractivity contribution in [2.75, 3.05) is 27.7 Å². The van der Waals surface area contributed by atoms with E-state index >= 15 is 0 Å². The number of hydrogen-bond donors (Lipinski definition) is 2. The van der Waals surface area contributed by atoms with E-state index in [0.29, 0.717) is 6.54 Å². The van der Waals surface area contributed by atoms with Crippen LogP contribution in [0.3, 0.4) is 0 Å². The maximum Gasteiger partial charge on any atom is 0.260 e. The Kier molecular flexibility index (Phi) is 5.76. The van der Waals surface area contributed by atoms with Gasteiger partial charge in [0.15, 0.2) is 0 Å². The van der Waals surface area contributed by atoms with Crippen LogP contribution in [0.15, 0.2) is 41.2 Å². The first kappa shape index (κ1) is 17.7. The number of benzene rings is 1. The SMILES string of the molecule is COc1cccc([C@@H](CNC(=O)c2ccc(C)[nH]c2=O)N(C)C)c1. The highest BCUT2D eigenvalue weighted by molar-refractivity contribution is 5.93. The highest BCUT2D eigenvalue weighted by Crippen LogP contribution is 2.22. The fourth-order valence-corrected chi connectivity index (χ4v) is 2.48. The number of rotatable bonds is 6. The molecule has 6 nitrogen and oxygen atoms in total. The molecule has 2 aromatic rings. The van der Waals surface area contributed by atoms with Crippen LogP contribution < -0.4 is 15.6 Å². The van der Waals surface area contributed by atoms with Crippen molar-refractivity contribution in [2.24, 2.45) is 0 Å². The van der Waals surface area contributed by atoms with Crippen molar-refractivity contribution in [1.29, 1.82) is 0 Å². The van der Waals surface area contributed by atoms with Gasteiger partial charge in [-0.15, -0.1) is 0 Å². The molecule has 1 aromatic heterocycles. The summed E-state index contributed by atoms with van der Waals surface area (Å²) in [5, 5.41) is 2.84. The maximum absolute atomic E-state index is 12.3. The van der Waals surface area contributed by atoms with Crippen molar-refractivity contribution < 1.29 is 9.53 Å². The average Bonchev–Trinajstić information content (AvgIpc) is 2.54. The highest BCUT2D eigenvalue weighted by atomic mass is 16.5. The topological polar surface area (TPSA) is 74.4 Å². The van der Waals surface area contributed by atoms with Crippen LogP contribution in [-0.2, 0) is 0 Å². The third kappa shape index (κ3) is 4.23. The predicted octanol–water partition coefficient (Wildman–Crippen LogP) is 1.72. The van der Waals surface area contributed by atoms with Crippen molar-refractivity contribution >= 4 is 5.91 Å². The van der Waals surface area contributed by atoms with Gasteiger partial charge >= 0.3 is 0 Å². The standard InChI is InChI=1S/C18H23N3O3/c1-12-8-9-15(18(23)20-12)17(22)19-11-16(21(2)3)13-6-5-7-14(10-13)24-4/h5-10,16H,11H2,1-4H3,(H,19,22)(H,20,23)/t16-/m1/s1. The van der Waals surface area contributed by atoms with Gasteiger partial charge in [-0.25, -0.2) is 0 Å². The van der Waals surface area contributed by atoms with E-state index in [-0.39, 0.29) is 23.1 Å². The van der Waals surface area contributed by atoms with Crippen molar-refractivity contribution in [1.82, 2.24) is 15.2 Å². The van der Waals surface area contributed by atoms with Crippen molar-refractivity contribution in [3.63, 3.8) is 0 Å². The summed E-state index contributed by atoms with van der Waals surface area (Å²) < 4.78 is 5.26. The summed E-state index contributed by atoms with van der Waals surface area (Å²) in [6.07, 6.45) is 0. The van der Waals surface area contributed by atoms with E-state index in [9.17, 15) is 9.59 Å². The zero-order valence-electron chi connectivity index (χ0n) is 14.4. The molecule has 0 bridgehead atoms. The zero-order chi connectivity index (χ0) is 17.7. The Bertz CT molecular complexity index is 768. The minimum atomic E-state index is -0.383. The number of carbonyl (C=O) groups excluding carboxylic acids is 1. The molecular weight excluding hydrogens is 306 g/mol. The Morgan fingerprint density at radius 1 is 1.29 bits per heavy atom. The summed E-state index contributed by atoms with van der Waals surface area (Å²) in [6, 6.07) is 10.9. The van der Waals surface area contributed by atoms with E-state index in [2.05, 4.69) is 10.3 Å². The quantitative estimate of drug-likeness (QED) is 0.846. The number of aromatic amines is 1. The molecule has 0 aliphatic heterocycles. The number of hydrogen-bond acceptors (Lipinski definition) is 4. The molecule has 0 saturated heterocycles. The molecule has 0 radical (unpaired) electrons. The molecular formula is C18H23N3O3. The molecule has 128 valence electrons. The summed E-state index contributed by atoms with van der Waals surface area (Å²) in [5.74, 6) is 0.381. The minimum Gasteiger partial charge on any atom is -0.497 e. The van der Waals surface area contributed by atoms with Crippen molar-refractivity contribution in [3.8, 4) is 5.75 Å². The molecule has 1 amide bonds. The average molecular weight is 329 g/mol. The van der Waals surface area contributed by atoms with Gasteiger partial charge in [0.1, 0.15) is 11.3 Å². The molecule has 0 unspecified atom stereocenters. The predicted molar refractivity (Wildman–Crippen MR) is 93.6 cm³/mol. The van der Waals surface area contributed by atoms with Crippen LogP contribution in [0.4, 0.5) is 0 Å². The number of nitrogens with zero attached hydrogens (tertiary/aromatic N) is 1. The van der Waals surface area contributed by atoms with Crippen LogP contribution in [0.2, 0.25) is 0 Å². The van der Waals surface area contributed by atoms with E-state index in [1.54, 1.807) is 26.2 Å². The lowest BCUT2D eigenvalue weighted by atomic mass is 10.1. The third-order valence-corrected chi connectivity index (χ3v) is 3.86. The second-order valence-corrected chi connectivity index (χ2v) is 5.85. The molecule has 2 N–H and O–H groups in total. The van der Waals surface area contributed by atoms with Crippen LogP contribution in [0, 0.1) is 6.92 Å². The van der Waals surface area contributed by atoms with Gasteiger partial charge < -0.3 is 19.9 Å². The van der Waals surface area contributed by atoms with Crippen molar-refractivity contribution in [3.05, 3.63) is 63.6 Å². The number of aromatic nitrogens is 1. The lowest BCUT2D eigenvalue weighted by Crippen LogP contribution is -2.36. The Labute approximate surface area is 141 Å². The monoisotopic (exact) mass is 329 g/mol. The molecule has 0 aliphatic carbocycles. The third-order valence-electron chi connectivity index (χ3n) is 3.86. The number of H-pyrrole nitrogens is 1. The normalized spacial score (nSPS) is 12.0. The first-order chi connectivity index (χ1) is 11.4. The summed E-state index contributed by atoms with van der Waals surface area (Å²) in [6.45, 7) is 2.15. The van der Waals surface area contributed by atoms with Gasteiger partial charge in [0.25, 0.3) is 11.5 Å². The first-order valence-electron chi connectivity index (χ1n) is 7.71. The molecule has 24 heavy (non-hydrogen) atoms. The van der Waals surface area contributed by atoms with Crippen LogP contribution in [0.25, 0.3) is 0 Å². The first-order valence-corrected chi connectivity index (χ1v) is 7.71. The summed E-state index contributed by atoms with van der Waals surface area (Å²) in [7, 11) is 5.50. The zero-order valence-corrected chi connectivity index (χ0v) is 14.4. The smallest absolute Gasteiger partial charge is 0.260 e. The molecule has 1 atom stereocenters. The second kappa shape index (κ2) is 7.79. The molecule has 6 heteroatoms. The number of aryl methyl sites for hydroxylation is 1. The van der Waals surface area contributed by atoms with Gasteiger partial charge in [-0.1, -0.05) is 12.1 Å². The molecule has 1 heterocycles. The lowest BCUT2D eigenvalue weighted by molar-refractivity contribution is 0.0940. The lowest BCUT2D eigenvalue weighted by Gasteiger charge is -2.25. The Morgan fingerprint density at radius 2 is 2.04 bits per heavy atom. The molecule has 0 spiro atoms. The number of pyridine rings is 1. The van der Waals surface area contributed by atoms with Gasteiger partial charge in [-0.2, -0.15) is 0 Å². The summed E-state index contributed by atoms with van der Waals surface area (Å²) >= 11 is 0. The van der Waals surface area contributed by atoms with E-state index in [0.717, 1.165) is 17.0 Å². The highest BCUT2D eigenvalue weighted by Gasteiger charge is 2.17. The van der Waals surface area contributed by atoms with E-state index < -0.39 is 0 Å². The fraction of sp³-hybridized carbons (Fsp3) is 0.333. The fourth-order valence-electron chi connectivity index (χ4n) is 2.48. The maximum atomic E-state index is 12.3. The molecule has 1 aromatic carbocycles. The molecule has 0 fully saturated rings. The van der Waals surface area contributed by atoms with Gasteiger partial charge in [-0.3, -0.25) is 9.59 Å². The molecule has 0 aliphatic rings. The van der Waals surface area contributed by atoms with Crippen molar-refractivity contribution in [2.45, 2.75) is 13.0 Å². The number of methoxy groups -OCH3 is 1. The van der Waals surface area contributed by atoms with E-state index in [4.69, 9.17) is 4.74 Å². The Balaban J connectivity index is 2.14. The second-order valence-electron chi connectivity index (χ2n) is 5.85. The number of likely N-dealkylation sites (N-methyl/N-ethyl adjacent to an activating group) is 1. The van der Waals surface area contributed by atoms with Gasteiger partial charge in [0.05, 0.1) is 13.2 Å². The molecule has 2 rings (SSSR count). The van der Waals surface area contributed by atoms with Crippen LogP contribution >= 0.6 is 0 Å². The summed E-state index contributed by atoms with van der Waals surface area (Å²) in [4.78, 5) is 28.8. The van der Waals surface area contributed by atoms with Crippen LogP contribution in [0.5, 0.6) is 5.75 Å². The summed E-state index contributed by atoms with van der Waals surface area (Å²) in [5.41, 5.74) is 1.48. The number of ether oxygens (including phenoxy) is 1. The van der Waals surface area contributed by atoms with E-state index in [1.165, 1.54) is 0 Å². The largest absolute Gasteiger partial charge is 0.497 e. The van der Waals surface area contributed by atoms with Crippen LogP contribution in [0.1, 0.15) is 27.7 Å². The minimum absolute atomic E-state index is 0.0337. The molecule has 0 saturated carbocycles. The van der Waals surface area contributed by atoms with Gasteiger partial charge in [-0.05, 0) is 50.8 Å². The van der Waals surface area contributed by atoms with Crippen LogP contribution in [-0.4, -0.2) is 43.5 Å². The number of carbonyl (C=O) groups is 1. The van der Waals surface area contributed by atoms with Gasteiger partial charge in [0, 0.05) is 12.2 Å². The van der Waals surface area contributed by atoms with E-state index in [1.807, 2.05) is 43.3 Å². The Morgan fingerprint density at radius 3 is 2.67 bits per heavy atom. The van der Waals surface area contributed by atoms with Gasteiger partial charge in [0.2, 0.25) is 0 Å².